The Bertz CT molecular complexity index is 566. The Kier molecular flexibility index (Phi) is 3.95. The van der Waals surface area contributed by atoms with Gasteiger partial charge in [-0.05, 0) is 43.0 Å². The lowest BCUT2D eigenvalue weighted by Gasteiger charge is -2.08. The second-order valence-electron chi connectivity index (χ2n) is 5.16. The summed E-state index contributed by atoms with van der Waals surface area (Å²) in [7, 11) is 0. The minimum atomic E-state index is -0.261. The smallest absolute Gasteiger partial charge is 0.243 e. The van der Waals surface area contributed by atoms with E-state index < -0.39 is 0 Å². The SMILES string of the molecule is Cc1cc(-c2noc([C@H](N)CC(C)C)n2)ccc1F. The number of aryl methyl sites for hydroxylation is 1. The Labute approximate surface area is 111 Å². The lowest BCUT2D eigenvalue weighted by molar-refractivity contribution is 0.335. The van der Waals surface area contributed by atoms with Crippen LogP contribution < -0.4 is 5.73 Å². The predicted octanol–water partition coefficient (Wildman–Crippen LogP) is 3.23. The summed E-state index contributed by atoms with van der Waals surface area (Å²) >= 11 is 0. The Balaban J connectivity index is 2.22. The van der Waals surface area contributed by atoms with E-state index in [0.29, 0.717) is 23.2 Å². The largest absolute Gasteiger partial charge is 0.337 e. The molecule has 1 atom stereocenters. The van der Waals surface area contributed by atoms with E-state index in [1.54, 1.807) is 19.1 Å². The zero-order valence-electron chi connectivity index (χ0n) is 11.4. The summed E-state index contributed by atoms with van der Waals surface area (Å²) in [6, 6.07) is 4.46. The number of rotatable bonds is 4. The van der Waals surface area contributed by atoms with Crippen molar-refractivity contribution in [3.63, 3.8) is 0 Å². The minimum absolute atomic E-state index is 0.246. The van der Waals surface area contributed by atoms with E-state index in [4.69, 9.17) is 10.3 Å². The first kappa shape index (κ1) is 13.7. The second-order valence-corrected chi connectivity index (χ2v) is 5.16. The lowest BCUT2D eigenvalue weighted by Crippen LogP contribution is -2.13. The zero-order valence-corrected chi connectivity index (χ0v) is 11.4. The van der Waals surface area contributed by atoms with Crippen molar-refractivity contribution in [1.82, 2.24) is 10.1 Å². The highest BCUT2D eigenvalue weighted by Gasteiger charge is 2.17. The highest BCUT2D eigenvalue weighted by molar-refractivity contribution is 5.55. The van der Waals surface area contributed by atoms with E-state index in [1.807, 2.05) is 0 Å². The van der Waals surface area contributed by atoms with Crippen molar-refractivity contribution in [3.05, 3.63) is 35.5 Å². The van der Waals surface area contributed by atoms with Crippen LogP contribution in [0.3, 0.4) is 0 Å². The molecule has 0 aliphatic heterocycles. The molecule has 19 heavy (non-hydrogen) atoms. The van der Waals surface area contributed by atoms with Gasteiger partial charge in [-0.3, -0.25) is 0 Å². The van der Waals surface area contributed by atoms with Gasteiger partial charge in [-0.2, -0.15) is 4.98 Å². The third-order valence-corrected chi connectivity index (χ3v) is 2.90. The molecule has 4 nitrogen and oxygen atoms in total. The minimum Gasteiger partial charge on any atom is -0.337 e. The number of halogens is 1. The number of nitrogens with zero attached hydrogens (tertiary/aromatic N) is 2. The van der Waals surface area contributed by atoms with Crippen molar-refractivity contribution in [2.45, 2.75) is 33.2 Å². The summed E-state index contributed by atoms with van der Waals surface area (Å²) in [5.41, 5.74) is 7.26. The van der Waals surface area contributed by atoms with E-state index in [0.717, 1.165) is 12.0 Å². The molecule has 2 rings (SSSR count). The van der Waals surface area contributed by atoms with Crippen LogP contribution in [0.25, 0.3) is 11.4 Å². The van der Waals surface area contributed by atoms with E-state index in [-0.39, 0.29) is 11.9 Å². The fourth-order valence-electron chi connectivity index (χ4n) is 1.90. The fraction of sp³-hybridized carbons (Fsp3) is 0.429. The Hall–Kier alpha value is -1.75. The van der Waals surface area contributed by atoms with E-state index in [9.17, 15) is 4.39 Å². The molecule has 1 aromatic heterocycles. The van der Waals surface area contributed by atoms with E-state index >= 15 is 0 Å². The van der Waals surface area contributed by atoms with Gasteiger partial charge in [0.1, 0.15) is 5.82 Å². The highest BCUT2D eigenvalue weighted by atomic mass is 19.1. The Morgan fingerprint density at radius 2 is 2.11 bits per heavy atom. The van der Waals surface area contributed by atoms with Crippen molar-refractivity contribution in [2.24, 2.45) is 11.7 Å². The van der Waals surface area contributed by atoms with Crippen LogP contribution in [-0.2, 0) is 0 Å². The molecule has 0 radical (unpaired) electrons. The second kappa shape index (κ2) is 5.48. The van der Waals surface area contributed by atoms with Gasteiger partial charge in [0.25, 0.3) is 0 Å². The van der Waals surface area contributed by atoms with Gasteiger partial charge in [-0.1, -0.05) is 19.0 Å². The first-order valence-corrected chi connectivity index (χ1v) is 6.33. The fourth-order valence-corrected chi connectivity index (χ4v) is 1.90. The van der Waals surface area contributed by atoms with Crippen LogP contribution in [0.15, 0.2) is 22.7 Å². The molecule has 0 unspecified atom stereocenters. The average Bonchev–Trinajstić information content (AvgIpc) is 2.81. The molecule has 0 saturated heterocycles. The number of aromatic nitrogens is 2. The van der Waals surface area contributed by atoms with Crippen LogP contribution in [-0.4, -0.2) is 10.1 Å². The monoisotopic (exact) mass is 263 g/mol. The molecule has 0 bridgehead atoms. The summed E-state index contributed by atoms with van der Waals surface area (Å²) in [5.74, 6) is 1.07. The van der Waals surface area contributed by atoms with Gasteiger partial charge in [0, 0.05) is 5.56 Å². The molecule has 5 heteroatoms. The quantitative estimate of drug-likeness (QED) is 0.919. The Morgan fingerprint density at radius 1 is 1.37 bits per heavy atom. The molecule has 102 valence electrons. The van der Waals surface area contributed by atoms with Crippen molar-refractivity contribution >= 4 is 0 Å². The lowest BCUT2D eigenvalue weighted by atomic mass is 10.0. The summed E-state index contributed by atoms with van der Waals surface area (Å²) in [5, 5.41) is 3.90. The molecule has 0 aliphatic carbocycles. The van der Waals surface area contributed by atoms with Gasteiger partial charge < -0.3 is 10.3 Å². The zero-order chi connectivity index (χ0) is 14.0. The van der Waals surface area contributed by atoms with Gasteiger partial charge in [-0.15, -0.1) is 0 Å². The standard InChI is InChI=1S/C14H18FN3O/c1-8(2)6-12(16)14-17-13(18-19-14)10-4-5-11(15)9(3)7-10/h4-5,7-8,12H,6,16H2,1-3H3/t12-/m1/s1. The molecular weight excluding hydrogens is 245 g/mol. The first-order valence-electron chi connectivity index (χ1n) is 6.33. The van der Waals surface area contributed by atoms with Crippen LogP contribution in [0.1, 0.15) is 37.8 Å². The topological polar surface area (TPSA) is 64.9 Å². The molecule has 1 heterocycles. The summed E-state index contributed by atoms with van der Waals surface area (Å²) in [6.45, 7) is 5.87. The molecular formula is C14H18FN3O. The summed E-state index contributed by atoms with van der Waals surface area (Å²) < 4.78 is 18.4. The van der Waals surface area contributed by atoms with Crippen molar-refractivity contribution in [3.8, 4) is 11.4 Å². The maximum Gasteiger partial charge on any atom is 0.243 e. The molecule has 2 aromatic rings. The maximum atomic E-state index is 13.2. The van der Waals surface area contributed by atoms with Crippen molar-refractivity contribution < 1.29 is 8.91 Å². The number of hydrogen-bond acceptors (Lipinski definition) is 4. The van der Waals surface area contributed by atoms with E-state index in [2.05, 4.69) is 24.0 Å². The molecule has 2 N–H and O–H groups in total. The Morgan fingerprint density at radius 3 is 2.74 bits per heavy atom. The van der Waals surface area contributed by atoms with Gasteiger partial charge in [0.05, 0.1) is 6.04 Å². The summed E-state index contributed by atoms with van der Waals surface area (Å²) in [4.78, 5) is 4.28. The molecule has 0 fully saturated rings. The van der Waals surface area contributed by atoms with Crippen molar-refractivity contribution in [2.75, 3.05) is 0 Å². The average molecular weight is 263 g/mol. The number of nitrogens with two attached hydrogens (primary N) is 1. The summed E-state index contributed by atoms with van der Waals surface area (Å²) in [6.07, 6.45) is 0.782. The first-order chi connectivity index (χ1) is 8.97. The third kappa shape index (κ3) is 3.17. The van der Waals surface area contributed by atoms with Crippen LogP contribution in [0.4, 0.5) is 4.39 Å². The van der Waals surface area contributed by atoms with Gasteiger partial charge >= 0.3 is 0 Å². The number of benzene rings is 1. The predicted molar refractivity (Wildman–Crippen MR) is 70.8 cm³/mol. The van der Waals surface area contributed by atoms with Crippen LogP contribution in [0, 0.1) is 18.7 Å². The molecule has 0 aliphatic rings. The van der Waals surface area contributed by atoms with Gasteiger partial charge in [0.2, 0.25) is 11.7 Å². The number of hydrogen-bond donors (Lipinski definition) is 1. The highest BCUT2D eigenvalue weighted by Crippen LogP contribution is 2.22. The van der Waals surface area contributed by atoms with Crippen molar-refractivity contribution in [1.29, 1.82) is 0 Å². The molecule has 1 aromatic carbocycles. The molecule has 0 spiro atoms. The van der Waals surface area contributed by atoms with E-state index in [1.165, 1.54) is 6.07 Å². The third-order valence-electron chi connectivity index (χ3n) is 2.90. The van der Waals surface area contributed by atoms with Crippen LogP contribution in [0.2, 0.25) is 0 Å². The van der Waals surface area contributed by atoms with Crippen LogP contribution >= 0.6 is 0 Å². The van der Waals surface area contributed by atoms with Gasteiger partial charge in [0.15, 0.2) is 0 Å². The molecule has 0 saturated carbocycles. The van der Waals surface area contributed by atoms with Crippen LogP contribution in [0.5, 0.6) is 0 Å². The molecule has 0 amide bonds. The van der Waals surface area contributed by atoms with Gasteiger partial charge in [-0.25, -0.2) is 4.39 Å². The maximum absolute atomic E-state index is 13.2. The normalized spacial score (nSPS) is 12.9.